The Hall–Kier alpha value is -1.51. The lowest BCUT2D eigenvalue weighted by atomic mass is 10.1. The Morgan fingerprint density at radius 2 is 2.06 bits per heavy atom. The molecule has 0 atom stereocenters. The maximum absolute atomic E-state index is 11.7. The van der Waals surface area contributed by atoms with E-state index in [1.54, 1.807) is 0 Å². The maximum Gasteiger partial charge on any atom is 0.252 e. The Kier molecular flexibility index (Phi) is 2.86. The number of H-pyrrole nitrogens is 2. The van der Waals surface area contributed by atoms with Crippen LogP contribution in [0.15, 0.2) is 17.1 Å². The van der Waals surface area contributed by atoms with E-state index >= 15 is 0 Å². The van der Waals surface area contributed by atoms with Gasteiger partial charge in [0.2, 0.25) is 0 Å². The third kappa shape index (κ3) is 1.77. The Morgan fingerprint density at radius 1 is 1.38 bits per heavy atom. The summed E-state index contributed by atoms with van der Waals surface area (Å²) in [5, 5.41) is 0. The fourth-order valence-electron chi connectivity index (χ4n) is 1.93. The van der Waals surface area contributed by atoms with Crippen molar-refractivity contribution in [2.45, 2.75) is 39.5 Å². The van der Waals surface area contributed by atoms with Crippen LogP contribution in [0.3, 0.4) is 0 Å². The smallest absolute Gasteiger partial charge is 0.252 e. The highest BCUT2D eigenvalue weighted by Crippen LogP contribution is 2.38. The molecule has 3 rings (SSSR count). The van der Waals surface area contributed by atoms with E-state index in [1.165, 1.54) is 0 Å². The van der Waals surface area contributed by atoms with Crippen LogP contribution >= 0.6 is 0 Å². The second-order valence-electron chi connectivity index (χ2n) is 4.09. The van der Waals surface area contributed by atoms with Crippen molar-refractivity contribution in [3.05, 3.63) is 33.7 Å². The molecule has 0 saturated heterocycles. The van der Waals surface area contributed by atoms with Crippen LogP contribution in [0.4, 0.5) is 0 Å². The number of fused-ring (bicyclic) bond motifs is 1. The summed E-state index contributed by atoms with van der Waals surface area (Å²) in [7, 11) is 0. The Labute approximate surface area is 97.9 Å². The summed E-state index contributed by atoms with van der Waals surface area (Å²) in [6.45, 7) is 5.99. The minimum Gasteiger partial charge on any atom is -0.360 e. The van der Waals surface area contributed by atoms with Gasteiger partial charge in [0.05, 0.1) is 11.0 Å². The van der Waals surface area contributed by atoms with Gasteiger partial charge in [-0.25, -0.2) is 0 Å². The quantitative estimate of drug-likeness (QED) is 0.761. The number of pyridine rings is 1. The maximum atomic E-state index is 11.7. The van der Waals surface area contributed by atoms with Crippen LogP contribution in [0.5, 0.6) is 0 Å². The standard InChI is InChI=1S/C11H12N2O.C2H6.2H2/c1-6-5-12-9-4-8(7-2-3-7)11(14)13-10(6)9;1-2;;/h4-5,7,12H,2-3H2,1H3,(H,13,14);1-2H3;2*1H. The number of hydrogen-bond acceptors (Lipinski definition) is 1. The van der Waals surface area contributed by atoms with Gasteiger partial charge in [0.15, 0.2) is 0 Å². The van der Waals surface area contributed by atoms with Crippen LogP contribution in [-0.4, -0.2) is 9.97 Å². The van der Waals surface area contributed by atoms with Crippen molar-refractivity contribution in [2.75, 3.05) is 0 Å². The third-order valence-electron chi connectivity index (χ3n) is 2.93. The van der Waals surface area contributed by atoms with Crippen molar-refractivity contribution in [2.24, 2.45) is 0 Å². The van der Waals surface area contributed by atoms with Crippen molar-refractivity contribution in [1.82, 2.24) is 9.97 Å². The highest BCUT2D eigenvalue weighted by molar-refractivity contribution is 5.79. The first-order chi connectivity index (χ1) is 7.75. The fourth-order valence-corrected chi connectivity index (χ4v) is 1.93. The summed E-state index contributed by atoms with van der Waals surface area (Å²) in [6, 6.07) is 2.00. The molecule has 1 aliphatic rings. The van der Waals surface area contributed by atoms with Crippen LogP contribution in [-0.2, 0) is 0 Å². The summed E-state index contributed by atoms with van der Waals surface area (Å²) in [6.07, 6.45) is 4.25. The van der Waals surface area contributed by atoms with Crippen molar-refractivity contribution < 1.29 is 2.85 Å². The molecule has 3 nitrogen and oxygen atoms in total. The summed E-state index contributed by atoms with van der Waals surface area (Å²) in [5.74, 6) is 0.506. The first-order valence-corrected chi connectivity index (χ1v) is 5.96. The number of nitrogens with one attached hydrogen (secondary N) is 2. The highest BCUT2D eigenvalue weighted by Gasteiger charge is 2.26. The van der Waals surface area contributed by atoms with E-state index in [-0.39, 0.29) is 8.41 Å². The zero-order valence-electron chi connectivity index (χ0n) is 10.1. The molecule has 2 N–H and O–H groups in total. The second-order valence-corrected chi connectivity index (χ2v) is 4.09. The molecule has 2 aromatic rings. The van der Waals surface area contributed by atoms with E-state index in [4.69, 9.17) is 0 Å². The average Bonchev–Trinajstić information content (AvgIpc) is 3.08. The molecule has 2 heterocycles. The minimum absolute atomic E-state index is 0. The molecule has 0 amide bonds. The van der Waals surface area contributed by atoms with Gasteiger partial charge in [0, 0.05) is 14.6 Å². The molecule has 0 aromatic carbocycles. The van der Waals surface area contributed by atoms with Crippen LogP contribution in [0.25, 0.3) is 11.0 Å². The van der Waals surface area contributed by atoms with Crippen molar-refractivity contribution in [3.8, 4) is 0 Å². The monoisotopic (exact) mass is 222 g/mol. The average molecular weight is 222 g/mol. The molecule has 2 aromatic heterocycles. The summed E-state index contributed by atoms with van der Waals surface area (Å²) < 4.78 is 0. The topological polar surface area (TPSA) is 48.6 Å². The van der Waals surface area contributed by atoms with Crippen LogP contribution < -0.4 is 5.56 Å². The van der Waals surface area contributed by atoms with E-state index in [9.17, 15) is 4.79 Å². The molecule has 1 aliphatic carbocycles. The van der Waals surface area contributed by atoms with Crippen LogP contribution in [0.2, 0.25) is 0 Å². The molecular weight excluding hydrogens is 200 g/mol. The third-order valence-corrected chi connectivity index (χ3v) is 2.93. The van der Waals surface area contributed by atoms with Gasteiger partial charge in [-0.15, -0.1) is 0 Å². The number of hydrogen-bond donors (Lipinski definition) is 2. The minimum atomic E-state index is 0. The van der Waals surface area contributed by atoms with Gasteiger partial charge in [0.1, 0.15) is 0 Å². The highest BCUT2D eigenvalue weighted by atomic mass is 16.1. The number of aromatic amines is 2. The zero-order chi connectivity index (χ0) is 11.7. The van der Waals surface area contributed by atoms with E-state index < -0.39 is 0 Å². The molecular formula is C13H22N2O. The molecule has 1 saturated carbocycles. The SMILES string of the molecule is CC.Cc1c[nH]c2cc(C3CC3)c(=O)[nH]c12.[HH].[HH]. The van der Waals surface area contributed by atoms with Crippen LogP contribution in [0.1, 0.15) is 46.6 Å². The molecule has 0 unspecified atom stereocenters. The lowest BCUT2D eigenvalue weighted by molar-refractivity contribution is 1.07. The van der Waals surface area contributed by atoms with Gasteiger partial charge < -0.3 is 9.97 Å². The lowest BCUT2D eigenvalue weighted by Crippen LogP contribution is -2.10. The second kappa shape index (κ2) is 4.16. The van der Waals surface area contributed by atoms with Gasteiger partial charge in [-0.1, -0.05) is 13.8 Å². The van der Waals surface area contributed by atoms with E-state index in [2.05, 4.69) is 9.97 Å². The van der Waals surface area contributed by atoms with Crippen LogP contribution in [0, 0.1) is 6.92 Å². The van der Waals surface area contributed by atoms with Crippen molar-refractivity contribution >= 4 is 11.0 Å². The Morgan fingerprint density at radius 3 is 2.69 bits per heavy atom. The molecule has 0 radical (unpaired) electrons. The first-order valence-electron chi connectivity index (χ1n) is 5.96. The number of rotatable bonds is 1. The van der Waals surface area contributed by atoms with Gasteiger partial charge in [0.25, 0.3) is 5.56 Å². The van der Waals surface area contributed by atoms with Gasteiger partial charge in [-0.3, -0.25) is 4.79 Å². The van der Waals surface area contributed by atoms with E-state index in [1.807, 2.05) is 33.0 Å². The summed E-state index contributed by atoms with van der Waals surface area (Å²) >= 11 is 0. The summed E-state index contributed by atoms with van der Waals surface area (Å²) in [4.78, 5) is 17.8. The number of aryl methyl sites for hydroxylation is 1. The van der Waals surface area contributed by atoms with Crippen molar-refractivity contribution in [3.63, 3.8) is 0 Å². The zero-order valence-corrected chi connectivity index (χ0v) is 10.1. The molecule has 1 fully saturated rings. The largest absolute Gasteiger partial charge is 0.360 e. The Balaban J connectivity index is 0.000000691. The molecule has 90 valence electrons. The molecule has 0 spiro atoms. The Bertz CT molecular complexity index is 556. The normalized spacial score (nSPS) is 14.7. The molecule has 3 heteroatoms. The fraction of sp³-hybridized carbons (Fsp3) is 0.462. The van der Waals surface area contributed by atoms with Gasteiger partial charge in [-0.05, 0) is 37.3 Å². The first kappa shape index (κ1) is 11.0. The number of aromatic nitrogens is 2. The van der Waals surface area contributed by atoms with E-state index in [0.717, 1.165) is 35.0 Å². The summed E-state index contributed by atoms with van der Waals surface area (Å²) in [5.41, 5.74) is 4.12. The predicted octanol–water partition coefficient (Wildman–Crippen LogP) is 3.56. The molecule has 0 bridgehead atoms. The predicted molar refractivity (Wildman–Crippen MR) is 71.2 cm³/mol. The lowest BCUT2D eigenvalue weighted by Gasteiger charge is -1.97. The van der Waals surface area contributed by atoms with E-state index in [0.29, 0.717) is 5.92 Å². The molecule has 16 heavy (non-hydrogen) atoms. The van der Waals surface area contributed by atoms with Gasteiger partial charge in [-0.2, -0.15) is 0 Å². The van der Waals surface area contributed by atoms with Crippen molar-refractivity contribution in [1.29, 1.82) is 0 Å². The molecule has 0 aliphatic heterocycles. The van der Waals surface area contributed by atoms with Gasteiger partial charge >= 0.3 is 0 Å².